The van der Waals surface area contributed by atoms with Crippen LogP contribution in [0.15, 0.2) is 41.0 Å². The number of ether oxygens (including phenoxy) is 1. The zero-order valence-corrected chi connectivity index (χ0v) is 12.6. The molecule has 2 rings (SSSR count). The molecule has 1 aromatic heterocycles. The second-order valence-corrected chi connectivity index (χ2v) is 5.02. The van der Waals surface area contributed by atoms with Crippen LogP contribution in [0.25, 0.3) is 0 Å². The smallest absolute Gasteiger partial charge is 0.338 e. The van der Waals surface area contributed by atoms with Gasteiger partial charge in [0, 0.05) is 0 Å². The molecule has 7 heteroatoms. The molecule has 0 aliphatic rings. The van der Waals surface area contributed by atoms with Crippen molar-refractivity contribution in [3.05, 3.63) is 52.9 Å². The van der Waals surface area contributed by atoms with Gasteiger partial charge in [-0.3, -0.25) is 4.79 Å². The van der Waals surface area contributed by atoms with E-state index in [4.69, 9.17) is 26.5 Å². The van der Waals surface area contributed by atoms with Gasteiger partial charge < -0.3 is 20.2 Å². The van der Waals surface area contributed by atoms with Crippen LogP contribution in [0.4, 0.5) is 5.69 Å². The highest BCUT2D eigenvalue weighted by Gasteiger charge is 2.15. The quantitative estimate of drug-likeness (QED) is 0.651. The van der Waals surface area contributed by atoms with E-state index in [9.17, 15) is 9.59 Å². The summed E-state index contributed by atoms with van der Waals surface area (Å²) in [6.45, 7) is 1.37. The molecule has 116 valence electrons. The Bertz CT molecular complexity index is 670. The zero-order chi connectivity index (χ0) is 16.1. The molecule has 2 aromatic rings. The van der Waals surface area contributed by atoms with Gasteiger partial charge in [-0.25, -0.2) is 4.79 Å². The summed E-state index contributed by atoms with van der Waals surface area (Å²) in [4.78, 5) is 23.5. The molecule has 0 saturated heterocycles. The Kier molecular flexibility index (Phi) is 5.06. The summed E-state index contributed by atoms with van der Waals surface area (Å²) < 4.78 is 10.1. The van der Waals surface area contributed by atoms with E-state index in [0.717, 1.165) is 0 Å². The number of hydrogen-bond acceptors (Lipinski definition) is 5. The predicted molar refractivity (Wildman–Crippen MR) is 81.4 cm³/mol. The molecule has 0 spiro atoms. The van der Waals surface area contributed by atoms with Crippen LogP contribution in [0.1, 0.15) is 29.1 Å². The third-order valence-corrected chi connectivity index (χ3v) is 3.26. The fraction of sp³-hybridized carbons (Fsp3) is 0.200. The summed E-state index contributed by atoms with van der Waals surface area (Å²) in [5.74, 6) is -0.464. The van der Waals surface area contributed by atoms with Crippen LogP contribution in [0.3, 0.4) is 0 Å². The first-order chi connectivity index (χ1) is 10.5. The first kappa shape index (κ1) is 15.9. The monoisotopic (exact) mass is 322 g/mol. The van der Waals surface area contributed by atoms with Crippen LogP contribution in [0.5, 0.6) is 0 Å². The van der Waals surface area contributed by atoms with E-state index in [1.54, 1.807) is 19.1 Å². The molecule has 1 aromatic carbocycles. The number of nitrogens with two attached hydrogens (primary N) is 1. The van der Waals surface area contributed by atoms with Crippen molar-refractivity contribution < 1.29 is 18.7 Å². The fourth-order valence-corrected chi connectivity index (χ4v) is 1.89. The molecule has 3 N–H and O–H groups in total. The summed E-state index contributed by atoms with van der Waals surface area (Å²) in [5.41, 5.74) is 6.11. The number of rotatable bonds is 5. The lowest BCUT2D eigenvalue weighted by Crippen LogP contribution is -2.31. The Balaban J connectivity index is 1.85. The molecule has 0 aliphatic heterocycles. The fourth-order valence-electron chi connectivity index (χ4n) is 1.78. The Morgan fingerprint density at radius 2 is 2.18 bits per heavy atom. The van der Waals surface area contributed by atoms with Gasteiger partial charge in [0.2, 0.25) is 0 Å². The summed E-state index contributed by atoms with van der Waals surface area (Å²) in [5, 5.41) is 3.00. The number of benzene rings is 1. The molecule has 22 heavy (non-hydrogen) atoms. The van der Waals surface area contributed by atoms with Gasteiger partial charge in [-0.05, 0) is 37.3 Å². The minimum absolute atomic E-state index is 0.230. The van der Waals surface area contributed by atoms with Crippen molar-refractivity contribution in [3.63, 3.8) is 0 Å². The number of carbonyl (C=O) groups excluding carboxylic acids is 2. The van der Waals surface area contributed by atoms with E-state index < -0.39 is 18.5 Å². The molecule has 6 nitrogen and oxygen atoms in total. The number of esters is 1. The molecule has 0 radical (unpaired) electrons. The van der Waals surface area contributed by atoms with E-state index >= 15 is 0 Å². The van der Waals surface area contributed by atoms with Crippen LogP contribution in [0.2, 0.25) is 5.02 Å². The highest BCUT2D eigenvalue weighted by Crippen LogP contribution is 2.19. The van der Waals surface area contributed by atoms with Crippen LogP contribution in [-0.2, 0) is 9.53 Å². The molecular formula is C15H15ClN2O4. The normalized spacial score (nSPS) is 11.7. The van der Waals surface area contributed by atoms with Crippen LogP contribution < -0.4 is 11.1 Å². The van der Waals surface area contributed by atoms with Crippen molar-refractivity contribution in [2.24, 2.45) is 0 Å². The highest BCUT2D eigenvalue weighted by atomic mass is 35.5. The van der Waals surface area contributed by atoms with Gasteiger partial charge in [0.25, 0.3) is 5.91 Å². The molecule has 1 atom stereocenters. The maximum Gasteiger partial charge on any atom is 0.338 e. The number of furan rings is 1. The van der Waals surface area contributed by atoms with Crippen LogP contribution >= 0.6 is 11.6 Å². The van der Waals surface area contributed by atoms with E-state index in [0.29, 0.717) is 10.8 Å². The molecule has 0 fully saturated rings. The Morgan fingerprint density at radius 3 is 2.82 bits per heavy atom. The number of hydrogen-bond donors (Lipinski definition) is 2. The van der Waals surface area contributed by atoms with E-state index in [1.807, 2.05) is 0 Å². The first-order valence-corrected chi connectivity index (χ1v) is 6.90. The number of anilines is 1. The first-order valence-electron chi connectivity index (χ1n) is 6.52. The molecule has 0 aliphatic carbocycles. The topological polar surface area (TPSA) is 94.6 Å². The minimum Gasteiger partial charge on any atom is -0.467 e. The van der Waals surface area contributed by atoms with Gasteiger partial charge in [0.05, 0.1) is 28.6 Å². The van der Waals surface area contributed by atoms with Gasteiger partial charge in [-0.1, -0.05) is 11.6 Å². The lowest BCUT2D eigenvalue weighted by atomic mass is 10.2. The van der Waals surface area contributed by atoms with Crippen LogP contribution in [0, 0.1) is 0 Å². The van der Waals surface area contributed by atoms with Crippen molar-refractivity contribution in [1.29, 1.82) is 0 Å². The molecule has 0 saturated carbocycles. The van der Waals surface area contributed by atoms with Gasteiger partial charge in [0.1, 0.15) is 5.76 Å². The lowest BCUT2D eigenvalue weighted by molar-refractivity contribution is -0.125. The largest absolute Gasteiger partial charge is 0.467 e. The third kappa shape index (κ3) is 4.02. The van der Waals surface area contributed by atoms with Gasteiger partial charge in [0.15, 0.2) is 6.61 Å². The SMILES string of the molecule is C[C@H](NC(=O)COC(=O)c1ccc(Cl)c(N)c1)c1ccco1. The standard InChI is InChI=1S/C15H15ClN2O4/c1-9(13-3-2-6-21-13)18-14(19)8-22-15(20)10-4-5-11(16)12(17)7-10/h2-7,9H,8,17H2,1H3,(H,18,19)/t9-/m0/s1. The zero-order valence-electron chi connectivity index (χ0n) is 11.8. The van der Waals surface area contributed by atoms with Crippen molar-refractivity contribution in [3.8, 4) is 0 Å². The summed E-state index contributed by atoms with van der Waals surface area (Å²) >= 11 is 5.77. The summed E-state index contributed by atoms with van der Waals surface area (Å²) in [6, 6.07) is 7.52. The van der Waals surface area contributed by atoms with Gasteiger partial charge in [-0.2, -0.15) is 0 Å². The number of halogens is 1. The van der Waals surface area contributed by atoms with Crippen molar-refractivity contribution in [2.45, 2.75) is 13.0 Å². The second-order valence-electron chi connectivity index (χ2n) is 4.62. The number of amides is 1. The van der Waals surface area contributed by atoms with Crippen molar-refractivity contribution in [1.82, 2.24) is 5.32 Å². The number of nitrogen functional groups attached to an aromatic ring is 1. The predicted octanol–water partition coefficient (Wildman–Crippen LogP) is 2.55. The van der Waals surface area contributed by atoms with E-state index in [1.165, 1.54) is 24.5 Å². The molecule has 1 amide bonds. The minimum atomic E-state index is -0.649. The maximum atomic E-state index is 11.8. The Hall–Kier alpha value is -2.47. The molecular weight excluding hydrogens is 308 g/mol. The van der Waals surface area contributed by atoms with Gasteiger partial charge >= 0.3 is 5.97 Å². The van der Waals surface area contributed by atoms with E-state index in [-0.39, 0.29) is 17.3 Å². The molecule has 0 bridgehead atoms. The summed E-state index contributed by atoms with van der Waals surface area (Å²) in [7, 11) is 0. The van der Waals surface area contributed by atoms with Crippen molar-refractivity contribution >= 4 is 29.2 Å². The van der Waals surface area contributed by atoms with Crippen molar-refractivity contribution in [2.75, 3.05) is 12.3 Å². The maximum absolute atomic E-state index is 11.8. The average Bonchev–Trinajstić information content (AvgIpc) is 3.02. The van der Waals surface area contributed by atoms with E-state index in [2.05, 4.69) is 5.32 Å². The Morgan fingerprint density at radius 1 is 1.41 bits per heavy atom. The number of carbonyl (C=O) groups is 2. The Labute approximate surface area is 132 Å². The lowest BCUT2D eigenvalue weighted by Gasteiger charge is -2.11. The average molecular weight is 323 g/mol. The third-order valence-electron chi connectivity index (χ3n) is 2.91. The number of nitrogens with one attached hydrogen (secondary N) is 1. The molecule has 0 unspecified atom stereocenters. The van der Waals surface area contributed by atoms with Gasteiger partial charge in [-0.15, -0.1) is 0 Å². The highest BCUT2D eigenvalue weighted by molar-refractivity contribution is 6.33. The molecule has 1 heterocycles. The second kappa shape index (κ2) is 7.00. The summed E-state index contributed by atoms with van der Waals surface area (Å²) in [6.07, 6.45) is 1.52. The van der Waals surface area contributed by atoms with Crippen LogP contribution in [-0.4, -0.2) is 18.5 Å².